The lowest BCUT2D eigenvalue weighted by Crippen LogP contribution is -2.50. The van der Waals surface area contributed by atoms with Gasteiger partial charge in [0.05, 0.1) is 53.3 Å². The van der Waals surface area contributed by atoms with E-state index in [2.05, 4.69) is 15.4 Å². The number of carbonyl (C=O) groups is 1. The number of benzene rings is 2. The van der Waals surface area contributed by atoms with Gasteiger partial charge in [-0.3, -0.25) is 4.79 Å². The van der Waals surface area contributed by atoms with Crippen molar-refractivity contribution in [2.75, 3.05) is 30.0 Å². The highest BCUT2D eigenvalue weighted by atomic mass is 35.5. The Bertz CT molecular complexity index is 1740. The third-order valence-electron chi connectivity index (χ3n) is 6.73. The van der Waals surface area contributed by atoms with Crippen LogP contribution < -0.4 is 10.6 Å². The highest BCUT2D eigenvalue weighted by Crippen LogP contribution is 2.37. The number of amides is 1. The number of anilines is 1. The molecule has 0 spiro atoms. The van der Waals surface area contributed by atoms with Crippen LogP contribution in [0.4, 0.5) is 18.9 Å². The van der Waals surface area contributed by atoms with Crippen molar-refractivity contribution in [2.45, 2.75) is 35.9 Å². The van der Waals surface area contributed by atoms with Gasteiger partial charge in [0.15, 0.2) is 9.84 Å². The van der Waals surface area contributed by atoms with E-state index >= 15 is 4.39 Å². The monoisotopic (exact) mass is 633 g/mol. The fraction of sp³-hybridized carbons (Fsp3) is 0.391. The summed E-state index contributed by atoms with van der Waals surface area (Å²) in [5, 5.41) is 11.9. The molecule has 18 heteroatoms. The van der Waals surface area contributed by atoms with Gasteiger partial charge in [0.2, 0.25) is 21.8 Å². The number of sulfone groups is 1. The Hall–Kier alpha value is -3.12. The minimum atomic E-state index is -4.22. The van der Waals surface area contributed by atoms with Gasteiger partial charge in [0, 0.05) is 18.0 Å². The Morgan fingerprint density at radius 3 is 2.54 bits per heavy atom. The van der Waals surface area contributed by atoms with E-state index < -0.39 is 79.0 Å². The molecule has 3 aromatic rings. The van der Waals surface area contributed by atoms with Crippen LogP contribution in [-0.4, -0.2) is 84.3 Å². The predicted molar refractivity (Wildman–Crippen MR) is 141 cm³/mol. The van der Waals surface area contributed by atoms with Gasteiger partial charge < -0.3 is 10.6 Å². The fourth-order valence-corrected chi connectivity index (χ4v) is 7.31. The van der Waals surface area contributed by atoms with Crippen LogP contribution in [0.1, 0.15) is 18.0 Å². The summed E-state index contributed by atoms with van der Waals surface area (Å²) in [4.78, 5) is 14.6. The Morgan fingerprint density at radius 1 is 1.20 bits per heavy atom. The summed E-state index contributed by atoms with van der Waals surface area (Å²) in [5.74, 6) is -6.34. The number of nitrogens with zero attached hydrogens (tertiary/aromatic N) is 6. The van der Waals surface area contributed by atoms with E-state index in [1.807, 2.05) is 0 Å². The first-order valence-electron chi connectivity index (χ1n) is 12.0. The number of hydrogen-bond donors (Lipinski definition) is 1. The topological polar surface area (TPSA) is 161 Å². The van der Waals surface area contributed by atoms with Crippen molar-refractivity contribution in [2.24, 2.45) is 5.73 Å². The van der Waals surface area contributed by atoms with Crippen LogP contribution in [0.5, 0.6) is 0 Å². The molecule has 0 saturated carbocycles. The van der Waals surface area contributed by atoms with Crippen LogP contribution in [0.2, 0.25) is 5.02 Å². The SMILES string of the molecule is CS(=O)(=O)N1CC(n2nnc(-c3cc4c(cc3F)S(=O)(=O)C[C@H](N)C(=O)N4Cc3ccc(Cl)cc3)n2)CC(F)(F)C1. The minimum Gasteiger partial charge on any atom is -0.319 e. The molecular weight excluding hydrogens is 611 g/mol. The molecule has 1 amide bonds. The van der Waals surface area contributed by atoms with Gasteiger partial charge in [-0.25, -0.2) is 30.0 Å². The molecule has 5 rings (SSSR count). The summed E-state index contributed by atoms with van der Waals surface area (Å²) < 4.78 is 94.7. The van der Waals surface area contributed by atoms with Gasteiger partial charge in [0.25, 0.3) is 5.92 Å². The van der Waals surface area contributed by atoms with E-state index in [4.69, 9.17) is 17.3 Å². The third-order valence-corrected chi connectivity index (χ3v) is 9.99. The first-order valence-corrected chi connectivity index (χ1v) is 15.9. The lowest BCUT2D eigenvalue weighted by atomic mass is 10.1. The van der Waals surface area contributed by atoms with Crippen molar-refractivity contribution in [1.82, 2.24) is 24.5 Å². The summed E-state index contributed by atoms with van der Waals surface area (Å²) in [6.45, 7) is -1.50. The number of rotatable bonds is 5. The molecule has 2 N–H and O–H groups in total. The summed E-state index contributed by atoms with van der Waals surface area (Å²) in [5.41, 5.74) is 5.93. The van der Waals surface area contributed by atoms with Crippen molar-refractivity contribution >= 4 is 43.1 Å². The number of piperidine rings is 1. The van der Waals surface area contributed by atoms with E-state index in [1.165, 1.54) is 0 Å². The minimum absolute atomic E-state index is 0.129. The molecule has 2 aliphatic rings. The molecule has 2 aliphatic heterocycles. The largest absolute Gasteiger partial charge is 0.319 e. The first-order chi connectivity index (χ1) is 19.0. The molecule has 1 unspecified atom stereocenters. The maximum Gasteiger partial charge on any atom is 0.263 e. The average molecular weight is 634 g/mol. The van der Waals surface area contributed by atoms with E-state index in [1.54, 1.807) is 24.3 Å². The van der Waals surface area contributed by atoms with Gasteiger partial charge in [-0.15, -0.1) is 10.2 Å². The van der Waals surface area contributed by atoms with E-state index in [0.717, 1.165) is 28.1 Å². The van der Waals surface area contributed by atoms with Crippen LogP contribution in [0, 0.1) is 5.82 Å². The summed E-state index contributed by atoms with van der Waals surface area (Å²) >= 11 is 5.94. The summed E-state index contributed by atoms with van der Waals surface area (Å²) in [6.07, 6.45) is 0.00867. The number of carbonyl (C=O) groups excluding carboxylic acids is 1. The molecule has 1 fully saturated rings. The second kappa shape index (κ2) is 10.3. The second-order valence-electron chi connectivity index (χ2n) is 9.94. The Balaban J connectivity index is 1.57. The number of hydrogen-bond acceptors (Lipinski definition) is 9. The van der Waals surface area contributed by atoms with Crippen LogP contribution in [0.25, 0.3) is 11.4 Å². The fourth-order valence-electron chi connectivity index (χ4n) is 4.75. The zero-order chi connectivity index (χ0) is 29.9. The smallest absolute Gasteiger partial charge is 0.263 e. The number of nitrogens with two attached hydrogens (primary N) is 1. The molecule has 12 nitrogen and oxygen atoms in total. The molecule has 1 aromatic heterocycles. The predicted octanol–water partition coefficient (Wildman–Crippen LogP) is 1.62. The average Bonchev–Trinajstić information content (AvgIpc) is 3.34. The summed E-state index contributed by atoms with van der Waals surface area (Å²) in [7, 11) is -8.18. The number of halogens is 4. The second-order valence-corrected chi connectivity index (χ2v) is 14.4. The molecule has 41 heavy (non-hydrogen) atoms. The van der Waals surface area contributed by atoms with Gasteiger partial charge in [-0.1, -0.05) is 23.7 Å². The standard InChI is InChI=1S/C23H23ClF3N7O5S2/c1-40(36,37)32-10-15(8-23(26,27)12-32)34-30-21(29-31-34)16-6-19-20(7-17(16)25)41(38,39)11-18(28)22(35)33(19)9-13-2-4-14(24)5-3-13/h2-7,15,18H,8-12,28H2,1H3/t15?,18-/m0/s1. The van der Waals surface area contributed by atoms with Gasteiger partial charge in [-0.2, -0.15) is 9.10 Å². The zero-order valence-corrected chi connectivity index (χ0v) is 23.7. The molecule has 2 atom stereocenters. The van der Waals surface area contributed by atoms with Crippen molar-refractivity contribution < 1.29 is 34.8 Å². The van der Waals surface area contributed by atoms with Gasteiger partial charge in [0.1, 0.15) is 5.82 Å². The van der Waals surface area contributed by atoms with Gasteiger partial charge >= 0.3 is 0 Å². The van der Waals surface area contributed by atoms with Crippen molar-refractivity contribution in [1.29, 1.82) is 0 Å². The number of aromatic nitrogens is 4. The molecular formula is C23H23ClF3N7O5S2. The van der Waals surface area contributed by atoms with Crippen LogP contribution in [0.15, 0.2) is 41.3 Å². The van der Waals surface area contributed by atoms with E-state index in [0.29, 0.717) is 14.9 Å². The molecule has 0 aliphatic carbocycles. The van der Waals surface area contributed by atoms with Gasteiger partial charge in [-0.05, 0) is 35.0 Å². The maximum absolute atomic E-state index is 15.4. The number of sulfonamides is 1. The number of alkyl halides is 2. The van der Waals surface area contributed by atoms with Crippen LogP contribution in [0.3, 0.4) is 0 Å². The highest BCUT2D eigenvalue weighted by Gasteiger charge is 2.45. The normalized spacial score (nSPS) is 22.8. The maximum atomic E-state index is 15.4. The first kappa shape index (κ1) is 29.4. The lowest BCUT2D eigenvalue weighted by molar-refractivity contribution is -0.119. The quantitative estimate of drug-likeness (QED) is 0.440. The molecule has 220 valence electrons. The number of fused-ring (bicyclic) bond motifs is 1. The van der Waals surface area contributed by atoms with Crippen LogP contribution in [-0.2, 0) is 31.2 Å². The van der Waals surface area contributed by atoms with Crippen LogP contribution >= 0.6 is 11.6 Å². The molecule has 3 heterocycles. The molecule has 1 saturated heterocycles. The molecule has 0 radical (unpaired) electrons. The Morgan fingerprint density at radius 2 is 1.88 bits per heavy atom. The van der Waals surface area contributed by atoms with E-state index in [-0.39, 0.29) is 24.3 Å². The Labute approximate surface area is 237 Å². The Kier molecular flexibility index (Phi) is 7.38. The third kappa shape index (κ3) is 5.94. The van der Waals surface area contributed by atoms with E-state index in [9.17, 15) is 30.4 Å². The highest BCUT2D eigenvalue weighted by molar-refractivity contribution is 7.91. The van der Waals surface area contributed by atoms with Crippen molar-refractivity contribution in [3.63, 3.8) is 0 Å². The zero-order valence-electron chi connectivity index (χ0n) is 21.3. The molecule has 0 bridgehead atoms. The summed E-state index contributed by atoms with van der Waals surface area (Å²) in [6, 6.07) is 5.53. The van der Waals surface area contributed by atoms with Crippen molar-refractivity contribution in [3.05, 3.63) is 52.8 Å². The lowest BCUT2D eigenvalue weighted by Gasteiger charge is -2.35. The van der Waals surface area contributed by atoms with Crippen molar-refractivity contribution in [3.8, 4) is 11.4 Å². The number of tetrazole rings is 1. The molecule has 2 aromatic carbocycles.